The van der Waals surface area contributed by atoms with Gasteiger partial charge in [-0.2, -0.15) is 0 Å². The molecule has 1 heterocycles. The van der Waals surface area contributed by atoms with Crippen LogP contribution >= 0.6 is 0 Å². The van der Waals surface area contributed by atoms with E-state index in [0.29, 0.717) is 11.3 Å². The summed E-state index contributed by atoms with van der Waals surface area (Å²) in [6.07, 6.45) is 0. The van der Waals surface area contributed by atoms with Crippen LogP contribution < -0.4 is 5.32 Å². The Hall–Kier alpha value is -4.26. The second-order valence-corrected chi connectivity index (χ2v) is 7.68. The summed E-state index contributed by atoms with van der Waals surface area (Å²) < 4.78 is 0. The van der Waals surface area contributed by atoms with E-state index < -0.39 is 11.8 Å². The molecule has 1 aliphatic heterocycles. The number of anilines is 1. The number of nitrogens with one attached hydrogen (secondary N) is 1. The van der Waals surface area contributed by atoms with Crippen molar-refractivity contribution in [1.82, 2.24) is 9.80 Å². The van der Waals surface area contributed by atoms with Crippen molar-refractivity contribution in [3.05, 3.63) is 101 Å². The molecule has 0 aliphatic carbocycles. The monoisotopic (exact) mass is 427 g/mol. The summed E-state index contributed by atoms with van der Waals surface area (Å²) in [6.45, 7) is 0.168. The van der Waals surface area contributed by atoms with E-state index in [1.165, 1.54) is 28.0 Å². The van der Waals surface area contributed by atoms with E-state index in [2.05, 4.69) is 5.32 Å². The zero-order chi connectivity index (χ0) is 22.8. The SMILES string of the molecule is CN(C)C(=O)c1cccc(NC(=O)c2ccc3c(c2)C(=O)N(Cc2ccccc2)C3=O)c1. The van der Waals surface area contributed by atoms with E-state index in [1.54, 1.807) is 38.4 Å². The van der Waals surface area contributed by atoms with Crippen LogP contribution in [-0.4, -0.2) is 47.5 Å². The van der Waals surface area contributed by atoms with E-state index in [0.717, 1.165) is 5.56 Å². The molecule has 7 nitrogen and oxygen atoms in total. The molecule has 0 atom stereocenters. The molecule has 3 aromatic rings. The maximum Gasteiger partial charge on any atom is 0.261 e. The molecular formula is C25H21N3O4. The first kappa shape index (κ1) is 21.0. The van der Waals surface area contributed by atoms with E-state index in [9.17, 15) is 19.2 Å². The van der Waals surface area contributed by atoms with Crippen molar-refractivity contribution in [2.24, 2.45) is 0 Å². The van der Waals surface area contributed by atoms with Crippen LogP contribution in [0.15, 0.2) is 72.8 Å². The zero-order valence-electron chi connectivity index (χ0n) is 17.7. The number of carbonyl (C=O) groups is 4. The standard InChI is InChI=1S/C25H21N3O4/c1-27(2)23(30)18-9-6-10-19(13-18)26-22(29)17-11-12-20-21(14-17)25(32)28(24(20)31)15-16-7-4-3-5-8-16/h3-14H,15H2,1-2H3,(H,26,29). The quantitative estimate of drug-likeness (QED) is 0.632. The zero-order valence-corrected chi connectivity index (χ0v) is 17.7. The van der Waals surface area contributed by atoms with E-state index in [1.807, 2.05) is 30.3 Å². The summed E-state index contributed by atoms with van der Waals surface area (Å²) >= 11 is 0. The van der Waals surface area contributed by atoms with Crippen molar-refractivity contribution in [2.75, 3.05) is 19.4 Å². The summed E-state index contributed by atoms with van der Waals surface area (Å²) in [4.78, 5) is 53.1. The smallest absolute Gasteiger partial charge is 0.261 e. The first-order chi connectivity index (χ1) is 15.3. The average molecular weight is 427 g/mol. The van der Waals surface area contributed by atoms with Gasteiger partial charge in [-0.25, -0.2) is 0 Å². The number of hydrogen-bond donors (Lipinski definition) is 1. The first-order valence-electron chi connectivity index (χ1n) is 10.0. The van der Waals surface area contributed by atoms with Crippen LogP contribution in [0.25, 0.3) is 0 Å². The molecule has 0 spiro atoms. The lowest BCUT2D eigenvalue weighted by molar-refractivity contribution is 0.0641. The van der Waals surface area contributed by atoms with Gasteiger partial charge in [-0.1, -0.05) is 36.4 Å². The van der Waals surface area contributed by atoms with Gasteiger partial charge >= 0.3 is 0 Å². The highest BCUT2D eigenvalue weighted by molar-refractivity contribution is 6.22. The second kappa shape index (κ2) is 8.47. The van der Waals surface area contributed by atoms with Crippen LogP contribution in [-0.2, 0) is 6.54 Å². The summed E-state index contributed by atoms with van der Waals surface area (Å²) in [7, 11) is 3.30. The lowest BCUT2D eigenvalue weighted by atomic mass is 10.1. The maximum atomic E-state index is 12.9. The van der Waals surface area contributed by atoms with Gasteiger partial charge in [-0.05, 0) is 42.0 Å². The van der Waals surface area contributed by atoms with Crippen molar-refractivity contribution in [1.29, 1.82) is 0 Å². The molecule has 0 radical (unpaired) electrons. The molecule has 1 aliphatic rings. The summed E-state index contributed by atoms with van der Waals surface area (Å²) in [5, 5.41) is 2.74. The predicted octanol–water partition coefficient (Wildman–Crippen LogP) is 3.44. The minimum absolute atomic E-state index is 0.168. The number of carbonyl (C=O) groups excluding carboxylic acids is 4. The average Bonchev–Trinajstić information content (AvgIpc) is 3.03. The Morgan fingerprint density at radius 3 is 2.25 bits per heavy atom. The van der Waals surface area contributed by atoms with Crippen LogP contribution in [0, 0.1) is 0 Å². The highest BCUT2D eigenvalue weighted by Crippen LogP contribution is 2.26. The molecule has 160 valence electrons. The van der Waals surface area contributed by atoms with E-state index in [-0.39, 0.29) is 35.0 Å². The Morgan fingerprint density at radius 2 is 1.53 bits per heavy atom. The van der Waals surface area contributed by atoms with Gasteiger partial charge in [-0.3, -0.25) is 24.1 Å². The topological polar surface area (TPSA) is 86.8 Å². The third kappa shape index (κ3) is 4.00. The molecule has 4 rings (SSSR count). The van der Waals surface area contributed by atoms with Gasteiger partial charge in [0.25, 0.3) is 23.6 Å². The van der Waals surface area contributed by atoms with Gasteiger partial charge in [0, 0.05) is 30.9 Å². The van der Waals surface area contributed by atoms with E-state index in [4.69, 9.17) is 0 Å². The van der Waals surface area contributed by atoms with Gasteiger partial charge in [-0.15, -0.1) is 0 Å². The van der Waals surface area contributed by atoms with Gasteiger partial charge < -0.3 is 10.2 Å². The van der Waals surface area contributed by atoms with Crippen molar-refractivity contribution >= 4 is 29.3 Å². The molecule has 0 unspecified atom stereocenters. The summed E-state index contributed by atoms with van der Waals surface area (Å²) in [6, 6.07) is 20.3. The normalized spacial score (nSPS) is 12.5. The van der Waals surface area contributed by atoms with Crippen molar-refractivity contribution in [2.45, 2.75) is 6.54 Å². The Morgan fingerprint density at radius 1 is 0.812 bits per heavy atom. The molecular weight excluding hydrogens is 406 g/mol. The molecule has 0 bridgehead atoms. The molecule has 0 saturated heterocycles. The molecule has 32 heavy (non-hydrogen) atoms. The lowest BCUT2D eigenvalue weighted by Gasteiger charge is -2.13. The van der Waals surface area contributed by atoms with Crippen molar-refractivity contribution in [3.63, 3.8) is 0 Å². The van der Waals surface area contributed by atoms with Gasteiger partial charge in [0.1, 0.15) is 0 Å². The predicted molar refractivity (Wildman–Crippen MR) is 120 cm³/mol. The highest BCUT2D eigenvalue weighted by Gasteiger charge is 2.36. The Labute approximate surface area is 185 Å². The molecule has 0 saturated carbocycles. The molecule has 4 amide bonds. The molecule has 3 aromatic carbocycles. The van der Waals surface area contributed by atoms with E-state index >= 15 is 0 Å². The summed E-state index contributed by atoms with van der Waals surface area (Å²) in [5.74, 6) is -1.43. The van der Waals surface area contributed by atoms with Crippen molar-refractivity contribution in [3.8, 4) is 0 Å². The van der Waals surface area contributed by atoms with Crippen LogP contribution in [0.5, 0.6) is 0 Å². The fourth-order valence-electron chi connectivity index (χ4n) is 3.53. The van der Waals surface area contributed by atoms with Crippen LogP contribution in [0.3, 0.4) is 0 Å². The number of amides is 4. The Bertz CT molecular complexity index is 1230. The number of hydrogen-bond acceptors (Lipinski definition) is 4. The first-order valence-corrected chi connectivity index (χ1v) is 10.0. The number of rotatable bonds is 5. The maximum absolute atomic E-state index is 12.9. The number of imide groups is 1. The fourth-order valence-corrected chi connectivity index (χ4v) is 3.53. The Balaban J connectivity index is 1.54. The third-order valence-electron chi connectivity index (χ3n) is 5.19. The largest absolute Gasteiger partial charge is 0.345 e. The molecule has 1 N–H and O–H groups in total. The summed E-state index contributed by atoms with van der Waals surface area (Å²) in [5.41, 5.74) is 2.47. The van der Waals surface area contributed by atoms with Crippen LogP contribution in [0.2, 0.25) is 0 Å². The number of nitrogens with zero attached hydrogens (tertiary/aromatic N) is 2. The van der Waals surface area contributed by atoms with Crippen LogP contribution in [0.1, 0.15) is 47.0 Å². The van der Waals surface area contributed by atoms with Crippen LogP contribution in [0.4, 0.5) is 5.69 Å². The van der Waals surface area contributed by atoms with Gasteiger partial charge in [0.05, 0.1) is 17.7 Å². The minimum atomic E-state index is -0.441. The molecule has 0 fully saturated rings. The minimum Gasteiger partial charge on any atom is -0.345 e. The fraction of sp³-hybridized carbons (Fsp3) is 0.120. The number of benzene rings is 3. The van der Waals surface area contributed by atoms with Gasteiger partial charge in [0.2, 0.25) is 0 Å². The highest BCUT2D eigenvalue weighted by atomic mass is 16.2. The Kier molecular flexibility index (Phi) is 5.55. The molecule has 7 heteroatoms. The van der Waals surface area contributed by atoms with Crippen molar-refractivity contribution < 1.29 is 19.2 Å². The van der Waals surface area contributed by atoms with Gasteiger partial charge in [0.15, 0.2) is 0 Å². The number of fused-ring (bicyclic) bond motifs is 1. The lowest BCUT2D eigenvalue weighted by Crippen LogP contribution is -2.29. The second-order valence-electron chi connectivity index (χ2n) is 7.68. The third-order valence-corrected chi connectivity index (χ3v) is 5.19. The molecule has 0 aromatic heterocycles.